The maximum Gasteiger partial charge on any atom is 0.410 e. The van der Waals surface area contributed by atoms with E-state index in [1.165, 1.54) is 0 Å². The monoisotopic (exact) mass is 264 g/mol. The first-order valence-corrected chi connectivity index (χ1v) is 6.51. The van der Waals surface area contributed by atoms with E-state index in [2.05, 4.69) is 5.32 Å². The van der Waals surface area contributed by atoms with Crippen LogP contribution in [0.3, 0.4) is 0 Å². The van der Waals surface area contributed by atoms with Crippen molar-refractivity contribution < 1.29 is 14.3 Å². The average molecular weight is 264 g/mol. The molecule has 1 fully saturated rings. The second-order valence-corrected chi connectivity index (χ2v) is 4.54. The van der Waals surface area contributed by atoms with E-state index in [9.17, 15) is 4.79 Å². The maximum atomic E-state index is 11.9. The molecule has 1 aromatic rings. The molecule has 1 aliphatic heterocycles. The topological polar surface area (TPSA) is 50.8 Å². The third kappa shape index (κ3) is 4.22. The molecular weight excluding hydrogens is 244 g/mol. The number of amides is 1. The van der Waals surface area contributed by atoms with E-state index in [4.69, 9.17) is 9.47 Å². The number of ether oxygens (including phenoxy) is 2. The summed E-state index contributed by atoms with van der Waals surface area (Å²) in [7, 11) is 1.87. The van der Waals surface area contributed by atoms with Crippen LogP contribution >= 0.6 is 0 Å². The first kappa shape index (κ1) is 13.8. The summed E-state index contributed by atoms with van der Waals surface area (Å²) < 4.78 is 10.9. The molecule has 1 atom stereocenters. The second-order valence-electron chi connectivity index (χ2n) is 4.54. The van der Waals surface area contributed by atoms with Crippen molar-refractivity contribution in [3.05, 3.63) is 35.9 Å². The van der Waals surface area contributed by atoms with Gasteiger partial charge < -0.3 is 19.7 Å². The quantitative estimate of drug-likeness (QED) is 0.889. The van der Waals surface area contributed by atoms with Crippen molar-refractivity contribution in [2.24, 2.45) is 0 Å². The number of nitrogens with zero attached hydrogens (tertiary/aromatic N) is 1. The number of benzene rings is 1. The van der Waals surface area contributed by atoms with Gasteiger partial charge in [0.25, 0.3) is 0 Å². The summed E-state index contributed by atoms with van der Waals surface area (Å²) in [6, 6.07) is 9.68. The van der Waals surface area contributed by atoms with Gasteiger partial charge in [0.1, 0.15) is 6.61 Å². The normalized spacial score (nSPS) is 19.2. The lowest BCUT2D eigenvalue weighted by Crippen LogP contribution is -2.48. The smallest absolute Gasteiger partial charge is 0.410 e. The summed E-state index contributed by atoms with van der Waals surface area (Å²) in [5, 5.41) is 3.05. The Hall–Kier alpha value is -1.59. The van der Waals surface area contributed by atoms with E-state index in [1.54, 1.807) is 4.90 Å². The standard InChI is InChI=1S/C14H20N2O3/c1-15-9-13-10-16(7-8-18-13)14(17)19-11-12-5-3-2-4-6-12/h2-6,13,15H,7-11H2,1H3/t13-/m0/s1. The minimum atomic E-state index is -0.270. The highest BCUT2D eigenvalue weighted by molar-refractivity contribution is 5.67. The van der Waals surface area contributed by atoms with Crippen LogP contribution < -0.4 is 5.32 Å². The molecule has 5 heteroatoms. The molecule has 19 heavy (non-hydrogen) atoms. The molecule has 1 heterocycles. The van der Waals surface area contributed by atoms with Crippen molar-refractivity contribution in [1.82, 2.24) is 10.2 Å². The van der Waals surface area contributed by atoms with Crippen molar-refractivity contribution in [3.8, 4) is 0 Å². The highest BCUT2D eigenvalue weighted by atomic mass is 16.6. The number of carbonyl (C=O) groups excluding carboxylic acids is 1. The van der Waals surface area contributed by atoms with E-state index >= 15 is 0 Å². The van der Waals surface area contributed by atoms with E-state index in [-0.39, 0.29) is 12.2 Å². The van der Waals surface area contributed by atoms with E-state index in [0.29, 0.717) is 26.3 Å². The summed E-state index contributed by atoms with van der Waals surface area (Å²) in [6.07, 6.45) is -0.226. The Kier molecular flexibility index (Phi) is 5.18. The summed E-state index contributed by atoms with van der Waals surface area (Å²) >= 11 is 0. The minimum absolute atomic E-state index is 0.0445. The molecule has 0 radical (unpaired) electrons. The van der Waals surface area contributed by atoms with Crippen LogP contribution in [0, 0.1) is 0 Å². The van der Waals surface area contributed by atoms with Crippen LogP contribution in [-0.2, 0) is 16.1 Å². The van der Waals surface area contributed by atoms with Crippen LogP contribution in [0.25, 0.3) is 0 Å². The van der Waals surface area contributed by atoms with Gasteiger partial charge in [-0.25, -0.2) is 4.79 Å². The lowest BCUT2D eigenvalue weighted by molar-refractivity contribution is -0.0263. The maximum absolute atomic E-state index is 11.9. The molecule has 0 aromatic heterocycles. The predicted octanol–water partition coefficient (Wildman–Crippen LogP) is 1.24. The second kappa shape index (κ2) is 7.11. The Bertz CT molecular complexity index is 395. The van der Waals surface area contributed by atoms with Crippen LogP contribution in [0.4, 0.5) is 4.79 Å². The van der Waals surface area contributed by atoms with Gasteiger partial charge in [-0.2, -0.15) is 0 Å². The highest BCUT2D eigenvalue weighted by Crippen LogP contribution is 2.08. The Labute approximate surface area is 113 Å². The minimum Gasteiger partial charge on any atom is -0.445 e. The van der Waals surface area contributed by atoms with Crippen LogP contribution in [0.5, 0.6) is 0 Å². The van der Waals surface area contributed by atoms with Crippen molar-refractivity contribution in [1.29, 1.82) is 0 Å². The Morgan fingerprint density at radius 3 is 3.00 bits per heavy atom. The zero-order chi connectivity index (χ0) is 13.5. The van der Waals surface area contributed by atoms with Gasteiger partial charge in [-0.1, -0.05) is 30.3 Å². The molecule has 1 amide bonds. The fourth-order valence-corrected chi connectivity index (χ4v) is 2.05. The molecule has 0 aliphatic carbocycles. The Morgan fingerprint density at radius 1 is 1.47 bits per heavy atom. The molecule has 5 nitrogen and oxygen atoms in total. The number of morpholine rings is 1. The van der Waals surface area contributed by atoms with Crippen molar-refractivity contribution in [3.63, 3.8) is 0 Å². The molecular formula is C14H20N2O3. The number of nitrogens with one attached hydrogen (secondary N) is 1. The Morgan fingerprint density at radius 2 is 2.26 bits per heavy atom. The van der Waals surface area contributed by atoms with E-state index < -0.39 is 0 Å². The molecule has 0 bridgehead atoms. The SMILES string of the molecule is CNC[C@H]1CN(C(=O)OCc2ccccc2)CCO1. The third-order valence-corrected chi connectivity index (χ3v) is 3.03. The van der Waals surface area contributed by atoms with Crippen LogP contribution in [0.1, 0.15) is 5.56 Å². The zero-order valence-electron chi connectivity index (χ0n) is 11.2. The first-order chi connectivity index (χ1) is 9.29. The molecule has 1 saturated heterocycles. The molecule has 104 valence electrons. The lowest BCUT2D eigenvalue weighted by atomic mass is 10.2. The molecule has 1 N–H and O–H groups in total. The van der Waals surface area contributed by atoms with Gasteiger partial charge in [0, 0.05) is 13.1 Å². The van der Waals surface area contributed by atoms with Gasteiger partial charge in [0.15, 0.2) is 0 Å². The van der Waals surface area contributed by atoms with Gasteiger partial charge in [-0.15, -0.1) is 0 Å². The fourth-order valence-electron chi connectivity index (χ4n) is 2.05. The van der Waals surface area contributed by atoms with E-state index in [1.807, 2.05) is 37.4 Å². The van der Waals surface area contributed by atoms with Crippen molar-refractivity contribution in [2.45, 2.75) is 12.7 Å². The molecule has 1 aliphatic rings. The zero-order valence-corrected chi connectivity index (χ0v) is 11.2. The molecule has 2 rings (SSSR count). The predicted molar refractivity (Wildman–Crippen MR) is 71.9 cm³/mol. The van der Waals surface area contributed by atoms with Crippen LogP contribution in [0.2, 0.25) is 0 Å². The van der Waals surface area contributed by atoms with Crippen LogP contribution in [-0.4, -0.2) is 50.4 Å². The highest BCUT2D eigenvalue weighted by Gasteiger charge is 2.24. The molecule has 0 unspecified atom stereocenters. The summed E-state index contributed by atoms with van der Waals surface area (Å²) in [4.78, 5) is 13.7. The fraction of sp³-hybridized carbons (Fsp3) is 0.500. The van der Waals surface area contributed by atoms with Gasteiger partial charge >= 0.3 is 6.09 Å². The Balaban J connectivity index is 1.79. The lowest BCUT2D eigenvalue weighted by Gasteiger charge is -2.32. The van der Waals surface area contributed by atoms with Gasteiger partial charge in [-0.3, -0.25) is 0 Å². The van der Waals surface area contributed by atoms with E-state index in [0.717, 1.165) is 12.1 Å². The number of carbonyl (C=O) groups is 1. The molecule has 0 spiro atoms. The van der Waals surface area contributed by atoms with Gasteiger partial charge in [0.2, 0.25) is 0 Å². The summed E-state index contributed by atoms with van der Waals surface area (Å²) in [6.45, 7) is 2.78. The number of likely N-dealkylation sites (N-methyl/N-ethyl adjacent to an activating group) is 1. The van der Waals surface area contributed by atoms with Gasteiger partial charge in [0.05, 0.1) is 19.3 Å². The number of hydrogen-bond donors (Lipinski definition) is 1. The first-order valence-electron chi connectivity index (χ1n) is 6.51. The third-order valence-electron chi connectivity index (χ3n) is 3.03. The molecule has 0 saturated carbocycles. The number of hydrogen-bond acceptors (Lipinski definition) is 4. The largest absolute Gasteiger partial charge is 0.445 e. The number of rotatable bonds is 4. The summed E-state index contributed by atoms with van der Waals surface area (Å²) in [5.74, 6) is 0. The van der Waals surface area contributed by atoms with Gasteiger partial charge in [-0.05, 0) is 12.6 Å². The molecule has 1 aromatic carbocycles. The van der Waals surface area contributed by atoms with Crippen molar-refractivity contribution >= 4 is 6.09 Å². The van der Waals surface area contributed by atoms with Crippen LogP contribution in [0.15, 0.2) is 30.3 Å². The summed E-state index contributed by atoms with van der Waals surface area (Å²) in [5.41, 5.74) is 0.996. The van der Waals surface area contributed by atoms with Crippen molar-refractivity contribution in [2.75, 3.05) is 33.3 Å². The average Bonchev–Trinajstić information content (AvgIpc) is 2.46.